The number of rotatable bonds is 0. The van der Waals surface area contributed by atoms with E-state index in [1.165, 1.54) is 0 Å². The van der Waals surface area contributed by atoms with Gasteiger partial charge >= 0.3 is 6.03 Å². The lowest BCUT2D eigenvalue weighted by Crippen LogP contribution is -2.45. The van der Waals surface area contributed by atoms with E-state index < -0.39 is 0 Å². The van der Waals surface area contributed by atoms with Crippen LogP contribution in [-0.4, -0.2) is 43.0 Å². The molecule has 0 atom stereocenters. The molecule has 0 aromatic heterocycles. The summed E-state index contributed by atoms with van der Waals surface area (Å²) in [5.74, 6) is 0.753. The average Bonchev–Trinajstić information content (AvgIpc) is 2.15. The Morgan fingerprint density at radius 3 is 2.00 bits per heavy atom. The Morgan fingerprint density at radius 1 is 1.20 bits per heavy atom. The van der Waals surface area contributed by atoms with Gasteiger partial charge < -0.3 is 9.80 Å². The highest BCUT2D eigenvalue weighted by atomic mass is 16.2. The van der Waals surface area contributed by atoms with Crippen LogP contribution in [0.25, 0.3) is 0 Å². The molecule has 1 saturated heterocycles. The van der Waals surface area contributed by atoms with Crippen molar-refractivity contribution in [2.45, 2.75) is 33.6 Å². The Kier molecular flexibility index (Phi) is 3.63. The smallest absolute Gasteiger partial charge is 0.319 e. The molecule has 2 amide bonds. The number of likely N-dealkylation sites (tertiary alicyclic amines) is 1. The minimum absolute atomic E-state index is 0.155. The molecule has 0 N–H and O–H groups in total. The maximum Gasteiger partial charge on any atom is 0.319 e. The van der Waals surface area contributed by atoms with Crippen LogP contribution in [0.4, 0.5) is 4.79 Å². The van der Waals surface area contributed by atoms with E-state index in [1.54, 1.807) is 4.90 Å². The van der Waals surface area contributed by atoms with E-state index in [2.05, 4.69) is 20.8 Å². The number of hydrogen-bond donors (Lipinski definition) is 0. The average molecular weight is 212 g/mol. The summed E-state index contributed by atoms with van der Waals surface area (Å²) < 4.78 is 0. The Morgan fingerprint density at radius 2 is 1.67 bits per heavy atom. The zero-order valence-electron chi connectivity index (χ0n) is 10.7. The number of carbonyl (C=O) groups is 1. The molecule has 15 heavy (non-hydrogen) atoms. The second-order valence-corrected chi connectivity index (χ2v) is 5.80. The summed E-state index contributed by atoms with van der Waals surface area (Å²) in [4.78, 5) is 15.3. The molecule has 1 aliphatic heterocycles. The maximum atomic E-state index is 11.7. The molecule has 0 aromatic carbocycles. The Balaban J connectivity index is 2.46. The van der Waals surface area contributed by atoms with Crippen molar-refractivity contribution in [1.82, 2.24) is 9.80 Å². The van der Waals surface area contributed by atoms with Crippen LogP contribution in [0.2, 0.25) is 0 Å². The van der Waals surface area contributed by atoms with Crippen LogP contribution >= 0.6 is 0 Å². The van der Waals surface area contributed by atoms with Crippen molar-refractivity contribution in [1.29, 1.82) is 0 Å². The zero-order chi connectivity index (χ0) is 11.6. The van der Waals surface area contributed by atoms with E-state index in [1.807, 2.05) is 19.0 Å². The summed E-state index contributed by atoms with van der Waals surface area (Å²) >= 11 is 0. The quantitative estimate of drug-likeness (QED) is 0.605. The molecule has 0 unspecified atom stereocenters. The van der Waals surface area contributed by atoms with Gasteiger partial charge in [-0.1, -0.05) is 20.8 Å². The molecule has 1 rings (SSSR count). The first kappa shape index (κ1) is 12.3. The number of nitrogens with zero attached hydrogens (tertiary/aromatic N) is 2. The Bertz CT molecular complexity index is 222. The SMILES string of the molecule is CN(C)C(=O)N1CCC(C(C)(C)C)CC1. The van der Waals surface area contributed by atoms with E-state index in [9.17, 15) is 4.79 Å². The highest BCUT2D eigenvalue weighted by Crippen LogP contribution is 2.34. The van der Waals surface area contributed by atoms with Crippen molar-refractivity contribution >= 4 is 6.03 Å². The van der Waals surface area contributed by atoms with Crippen LogP contribution in [0.3, 0.4) is 0 Å². The van der Waals surface area contributed by atoms with E-state index in [-0.39, 0.29) is 6.03 Å². The minimum atomic E-state index is 0.155. The van der Waals surface area contributed by atoms with Crippen LogP contribution in [0.1, 0.15) is 33.6 Å². The lowest BCUT2D eigenvalue weighted by Gasteiger charge is -2.39. The van der Waals surface area contributed by atoms with Crippen LogP contribution in [0.5, 0.6) is 0 Å². The second-order valence-electron chi connectivity index (χ2n) is 5.80. The fraction of sp³-hybridized carbons (Fsp3) is 0.917. The van der Waals surface area contributed by atoms with Crippen LogP contribution in [-0.2, 0) is 0 Å². The highest BCUT2D eigenvalue weighted by molar-refractivity contribution is 5.73. The molecule has 3 heteroatoms. The molecule has 0 saturated carbocycles. The van der Waals surface area contributed by atoms with Gasteiger partial charge in [-0.25, -0.2) is 4.79 Å². The molecular formula is C12H24N2O. The molecular weight excluding hydrogens is 188 g/mol. The number of carbonyl (C=O) groups excluding carboxylic acids is 1. The summed E-state index contributed by atoms with van der Waals surface area (Å²) in [6, 6.07) is 0.155. The fourth-order valence-electron chi connectivity index (χ4n) is 2.22. The lowest BCUT2D eigenvalue weighted by molar-refractivity contribution is 0.110. The first-order valence-corrected chi connectivity index (χ1v) is 5.78. The summed E-state index contributed by atoms with van der Waals surface area (Å²) in [5.41, 5.74) is 0.382. The molecule has 88 valence electrons. The van der Waals surface area contributed by atoms with Crippen LogP contribution < -0.4 is 0 Å². The van der Waals surface area contributed by atoms with Gasteiger partial charge in [0.25, 0.3) is 0 Å². The topological polar surface area (TPSA) is 23.6 Å². The summed E-state index contributed by atoms with van der Waals surface area (Å²) in [5, 5.41) is 0. The first-order chi connectivity index (χ1) is 6.82. The predicted molar refractivity (Wildman–Crippen MR) is 62.8 cm³/mol. The summed E-state index contributed by atoms with van der Waals surface area (Å²) in [6.45, 7) is 8.71. The van der Waals surface area contributed by atoms with Gasteiger partial charge in [0, 0.05) is 27.2 Å². The monoisotopic (exact) mass is 212 g/mol. The molecule has 0 bridgehead atoms. The Hall–Kier alpha value is -0.730. The van der Waals surface area contributed by atoms with Crippen molar-refractivity contribution in [3.8, 4) is 0 Å². The third kappa shape index (κ3) is 3.11. The molecule has 0 aromatic rings. The third-order valence-electron chi connectivity index (χ3n) is 3.37. The van der Waals surface area contributed by atoms with Crippen LogP contribution in [0, 0.1) is 11.3 Å². The predicted octanol–water partition coefficient (Wildman–Crippen LogP) is 2.43. The van der Waals surface area contributed by atoms with E-state index in [0.717, 1.165) is 31.8 Å². The zero-order valence-corrected chi connectivity index (χ0v) is 10.7. The maximum absolute atomic E-state index is 11.7. The van der Waals surface area contributed by atoms with Crippen molar-refractivity contribution < 1.29 is 4.79 Å². The molecule has 0 radical (unpaired) electrons. The van der Waals surface area contributed by atoms with Gasteiger partial charge in [0.05, 0.1) is 0 Å². The van der Waals surface area contributed by atoms with Gasteiger partial charge in [0.1, 0.15) is 0 Å². The van der Waals surface area contributed by atoms with Gasteiger partial charge in [-0.15, -0.1) is 0 Å². The summed E-state index contributed by atoms with van der Waals surface area (Å²) in [7, 11) is 3.64. The van der Waals surface area contributed by atoms with Crippen molar-refractivity contribution in [2.24, 2.45) is 11.3 Å². The number of piperidine rings is 1. The van der Waals surface area contributed by atoms with Crippen LogP contribution in [0.15, 0.2) is 0 Å². The molecule has 1 heterocycles. The number of hydrogen-bond acceptors (Lipinski definition) is 1. The molecule has 1 aliphatic rings. The van der Waals surface area contributed by atoms with Gasteiger partial charge in [0.2, 0.25) is 0 Å². The number of urea groups is 1. The largest absolute Gasteiger partial charge is 0.331 e. The van der Waals surface area contributed by atoms with E-state index in [0.29, 0.717) is 5.41 Å². The molecule has 0 spiro atoms. The standard InChI is InChI=1S/C12H24N2O/c1-12(2,3)10-6-8-14(9-7-10)11(15)13(4)5/h10H,6-9H2,1-5H3. The molecule has 1 fully saturated rings. The normalized spacial score (nSPS) is 19.1. The van der Waals surface area contributed by atoms with E-state index in [4.69, 9.17) is 0 Å². The lowest BCUT2D eigenvalue weighted by atomic mass is 9.75. The first-order valence-electron chi connectivity index (χ1n) is 5.78. The summed E-state index contributed by atoms with van der Waals surface area (Å²) in [6.07, 6.45) is 2.28. The highest BCUT2D eigenvalue weighted by Gasteiger charge is 2.30. The van der Waals surface area contributed by atoms with Gasteiger partial charge in [0.15, 0.2) is 0 Å². The fourth-order valence-corrected chi connectivity index (χ4v) is 2.22. The minimum Gasteiger partial charge on any atom is -0.331 e. The van der Waals surface area contributed by atoms with Crippen molar-refractivity contribution in [3.63, 3.8) is 0 Å². The Labute approximate surface area is 93.4 Å². The third-order valence-corrected chi connectivity index (χ3v) is 3.37. The van der Waals surface area contributed by atoms with Gasteiger partial charge in [-0.2, -0.15) is 0 Å². The van der Waals surface area contributed by atoms with E-state index >= 15 is 0 Å². The van der Waals surface area contributed by atoms with Gasteiger partial charge in [-0.3, -0.25) is 0 Å². The van der Waals surface area contributed by atoms with Gasteiger partial charge in [-0.05, 0) is 24.2 Å². The molecule has 0 aliphatic carbocycles. The van der Waals surface area contributed by atoms with Crippen molar-refractivity contribution in [3.05, 3.63) is 0 Å². The molecule has 3 nitrogen and oxygen atoms in total. The number of amides is 2. The van der Waals surface area contributed by atoms with Crippen molar-refractivity contribution in [2.75, 3.05) is 27.2 Å². The second kappa shape index (κ2) is 4.42.